The molecule has 0 radical (unpaired) electrons. The Morgan fingerprint density at radius 3 is 1.29 bits per heavy atom. The van der Waals surface area contributed by atoms with E-state index < -0.39 is 0 Å². The lowest BCUT2D eigenvalue weighted by atomic mass is 9.70. The van der Waals surface area contributed by atoms with Gasteiger partial charge in [-0.05, 0) is 133 Å². The molecule has 55 heavy (non-hydrogen) atoms. The minimum atomic E-state index is -0.361. The van der Waals surface area contributed by atoms with E-state index in [0.717, 1.165) is 0 Å². The lowest BCUT2D eigenvalue weighted by Gasteiger charge is -2.30. The summed E-state index contributed by atoms with van der Waals surface area (Å²) in [6, 6.07) is 73.4. The Balaban J connectivity index is 1.04. The summed E-state index contributed by atoms with van der Waals surface area (Å²) in [6.07, 6.45) is 0. The SMILES string of the molecule is c1ccc2c(c1)-c1ccccc1C21c2ccccc2-c2ccc(-c3ccc4ccc5c(-c6ccc7c(ccc8ccccc87)c6)ccc6ccc3c4c65)cc21. The Morgan fingerprint density at radius 1 is 0.236 bits per heavy atom. The maximum absolute atomic E-state index is 2.52. The van der Waals surface area contributed by atoms with Crippen molar-refractivity contribution in [2.75, 3.05) is 0 Å². The van der Waals surface area contributed by atoms with Crippen molar-refractivity contribution in [1.29, 1.82) is 0 Å². The van der Waals surface area contributed by atoms with E-state index in [1.54, 1.807) is 0 Å². The van der Waals surface area contributed by atoms with Gasteiger partial charge in [0.25, 0.3) is 0 Å². The Kier molecular flexibility index (Phi) is 5.65. The Bertz CT molecular complexity index is 3370. The van der Waals surface area contributed by atoms with Gasteiger partial charge in [-0.25, -0.2) is 0 Å². The molecule has 0 unspecified atom stereocenters. The summed E-state index contributed by atoms with van der Waals surface area (Å²) in [7, 11) is 0. The fourth-order valence-electron chi connectivity index (χ4n) is 10.7. The quantitative estimate of drug-likeness (QED) is 0.158. The summed E-state index contributed by atoms with van der Waals surface area (Å²) >= 11 is 0. The van der Waals surface area contributed by atoms with Gasteiger partial charge >= 0.3 is 0 Å². The van der Waals surface area contributed by atoms with Crippen molar-refractivity contribution in [3.05, 3.63) is 216 Å². The van der Waals surface area contributed by atoms with Crippen LogP contribution < -0.4 is 0 Å². The van der Waals surface area contributed by atoms with Gasteiger partial charge in [-0.1, -0.05) is 182 Å². The predicted octanol–water partition coefficient (Wildman–Crippen LogP) is 14.6. The third kappa shape index (κ3) is 3.71. The molecule has 13 rings (SSSR count). The van der Waals surface area contributed by atoms with Crippen LogP contribution in [0.15, 0.2) is 194 Å². The van der Waals surface area contributed by atoms with Gasteiger partial charge in [-0.3, -0.25) is 0 Å². The summed E-state index contributed by atoms with van der Waals surface area (Å²) in [5.41, 5.74) is 15.6. The van der Waals surface area contributed by atoms with E-state index in [-0.39, 0.29) is 5.41 Å². The largest absolute Gasteiger partial charge is 0.0725 e. The lowest BCUT2D eigenvalue weighted by Crippen LogP contribution is -2.25. The van der Waals surface area contributed by atoms with Crippen molar-refractivity contribution in [2.45, 2.75) is 5.41 Å². The van der Waals surface area contributed by atoms with Crippen LogP contribution in [0.4, 0.5) is 0 Å². The molecule has 0 nitrogen and oxygen atoms in total. The van der Waals surface area contributed by atoms with E-state index in [4.69, 9.17) is 0 Å². The van der Waals surface area contributed by atoms with Crippen molar-refractivity contribution in [1.82, 2.24) is 0 Å². The highest BCUT2D eigenvalue weighted by molar-refractivity contribution is 6.28. The van der Waals surface area contributed by atoms with E-state index in [2.05, 4.69) is 194 Å². The molecule has 0 bridgehead atoms. The summed E-state index contributed by atoms with van der Waals surface area (Å²) in [4.78, 5) is 0. The second-order valence-corrected chi connectivity index (χ2v) is 15.5. The smallest absolute Gasteiger partial charge is 0.0619 e. The van der Waals surface area contributed by atoms with Crippen molar-refractivity contribution in [2.24, 2.45) is 0 Å². The van der Waals surface area contributed by atoms with Crippen LogP contribution in [0, 0.1) is 0 Å². The topological polar surface area (TPSA) is 0 Å². The third-order valence-electron chi connectivity index (χ3n) is 13.0. The zero-order chi connectivity index (χ0) is 35.8. The van der Waals surface area contributed by atoms with E-state index in [9.17, 15) is 0 Å². The molecule has 0 heteroatoms. The molecule has 0 amide bonds. The molecule has 11 aromatic rings. The summed E-state index contributed by atoms with van der Waals surface area (Å²) < 4.78 is 0. The molecule has 2 aliphatic rings. The van der Waals surface area contributed by atoms with Crippen LogP contribution in [0.1, 0.15) is 22.3 Å². The van der Waals surface area contributed by atoms with E-state index in [0.29, 0.717) is 0 Å². The number of benzene rings is 11. The van der Waals surface area contributed by atoms with Gasteiger partial charge in [0.05, 0.1) is 5.41 Å². The number of hydrogen-bond donors (Lipinski definition) is 0. The highest BCUT2D eigenvalue weighted by Crippen LogP contribution is 2.63. The first-order chi connectivity index (χ1) is 27.3. The summed E-state index contributed by atoms with van der Waals surface area (Å²) in [5.74, 6) is 0. The first-order valence-corrected chi connectivity index (χ1v) is 19.3. The first kappa shape index (κ1) is 29.4. The van der Waals surface area contributed by atoms with Gasteiger partial charge in [-0.15, -0.1) is 0 Å². The van der Waals surface area contributed by atoms with Gasteiger partial charge in [0.2, 0.25) is 0 Å². The van der Waals surface area contributed by atoms with Gasteiger partial charge < -0.3 is 0 Å². The standard InChI is InChI=1S/C55H32/c1-2-10-39-33(9-1)17-18-36-31-37(23-27-40(36)39)41-25-19-34-22-30-48-42(26-20-35-21-29-47(41)53(34)54(35)48)38-24-28-46-45-13-5-8-16-51(45)55(52(46)32-38)49-14-6-3-11-43(49)44-12-4-7-15-50(44)55/h1-32H. The molecule has 0 heterocycles. The Hall–Kier alpha value is -7.02. The van der Waals surface area contributed by atoms with Gasteiger partial charge in [0, 0.05) is 0 Å². The fraction of sp³-hybridized carbons (Fsp3) is 0.0182. The normalized spacial score (nSPS) is 13.6. The Labute approximate surface area is 318 Å². The van der Waals surface area contributed by atoms with Crippen LogP contribution >= 0.6 is 0 Å². The van der Waals surface area contributed by atoms with Gasteiger partial charge in [-0.2, -0.15) is 0 Å². The van der Waals surface area contributed by atoms with Crippen LogP contribution in [0.5, 0.6) is 0 Å². The molecule has 11 aromatic carbocycles. The number of rotatable bonds is 2. The summed E-state index contributed by atoms with van der Waals surface area (Å²) in [6.45, 7) is 0. The molecular formula is C55H32. The van der Waals surface area contributed by atoms with Crippen LogP contribution in [0.3, 0.4) is 0 Å². The summed E-state index contributed by atoms with van der Waals surface area (Å²) in [5, 5.41) is 13.0. The number of hydrogen-bond acceptors (Lipinski definition) is 0. The molecule has 2 aliphatic carbocycles. The molecular weight excluding hydrogens is 661 g/mol. The molecule has 0 saturated carbocycles. The average Bonchev–Trinajstić information content (AvgIpc) is 3.72. The molecule has 0 N–H and O–H groups in total. The fourth-order valence-corrected chi connectivity index (χ4v) is 10.7. The van der Waals surface area contributed by atoms with Gasteiger partial charge in [0.15, 0.2) is 0 Å². The third-order valence-corrected chi connectivity index (χ3v) is 13.0. The maximum atomic E-state index is 2.52. The second-order valence-electron chi connectivity index (χ2n) is 15.5. The molecule has 252 valence electrons. The minimum Gasteiger partial charge on any atom is -0.0619 e. The minimum absolute atomic E-state index is 0.361. The van der Waals surface area contributed by atoms with Gasteiger partial charge in [0.1, 0.15) is 0 Å². The van der Waals surface area contributed by atoms with E-state index in [1.165, 1.54) is 121 Å². The van der Waals surface area contributed by atoms with E-state index in [1.807, 2.05) is 0 Å². The van der Waals surface area contributed by atoms with Crippen LogP contribution in [0.25, 0.3) is 98.4 Å². The van der Waals surface area contributed by atoms with Crippen LogP contribution in [-0.2, 0) is 5.41 Å². The average molecular weight is 693 g/mol. The highest BCUT2D eigenvalue weighted by atomic mass is 14.5. The highest BCUT2D eigenvalue weighted by Gasteiger charge is 2.51. The molecule has 0 saturated heterocycles. The molecule has 0 aliphatic heterocycles. The van der Waals surface area contributed by atoms with Crippen molar-refractivity contribution in [3.63, 3.8) is 0 Å². The Morgan fingerprint density at radius 2 is 0.655 bits per heavy atom. The second kappa shape index (κ2) is 10.6. The molecule has 0 atom stereocenters. The van der Waals surface area contributed by atoms with Crippen molar-refractivity contribution >= 4 is 53.9 Å². The predicted molar refractivity (Wildman–Crippen MR) is 232 cm³/mol. The molecule has 0 fully saturated rings. The number of fused-ring (bicyclic) bond motifs is 13. The monoisotopic (exact) mass is 692 g/mol. The molecule has 1 spiro atoms. The lowest BCUT2D eigenvalue weighted by molar-refractivity contribution is 0.794. The zero-order valence-electron chi connectivity index (χ0n) is 30.0. The van der Waals surface area contributed by atoms with Crippen LogP contribution in [0.2, 0.25) is 0 Å². The first-order valence-electron chi connectivity index (χ1n) is 19.3. The van der Waals surface area contributed by atoms with Crippen molar-refractivity contribution in [3.8, 4) is 44.5 Å². The van der Waals surface area contributed by atoms with E-state index >= 15 is 0 Å². The van der Waals surface area contributed by atoms with Crippen LogP contribution in [-0.4, -0.2) is 0 Å². The van der Waals surface area contributed by atoms with Crippen molar-refractivity contribution < 1.29 is 0 Å². The molecule has 0 aromatic heterocycles. The zero-order valence-corrected chi connectivity index (χ0v) is 30.0. The maximum Gasteiger partial charge on any atom is 0.0725 e.